The van der Waals surface area contributed by atoms with Gasteiger partial charge in [-0.3, -0.25) is 4.98 Å². The van der Waals surface area contributed by atoms with E-state index in [0.29, 0.717) is 26.2 Å². The maximum Gasteiger partial charge on any atom is 0.281 e. The van der Waals surface area contributed by atoms with Gasteiger partial charge in [-0.25, -0.2) is 4.39 Å². The lowest BCUT2D eigenvalue weighted by atomic mass is 9.95. The zero-order chi connectivity index (χ0) is 21.0. The van der Waals surface area contributed by atoms with Crippen molar-refractivity contribution in [1.29, 1.82) is 0 Å². The second-order valence-corrected chi connectivity index (χ2v) is 9.27. The van der Waals surface area contributed by atoms with Crippen molar-refractivity contribution in [2.45, 2.75) is 39.5 Å². The number of piperidine rings is 1. The zero-order valence-electron chi connectivity index (χ0n) is 17.2. The van der Waals surface area contributed by atoms with Crippen molar-refractivity contribution in [3.63, 3.8) is 0 Å². The van der Waals surface area contributed by atoms with Gasteiger partial charge in [0, 0.05) is 54.9 Å². The normalized spacial score (nSPS) is 18.2. The van der Waals surface area contributed by atoms with Crippen LogP contribution < -0.4 is 5.32 Å². The highest BCUT2D eigenvalue weighted by molar-refractivity contribution is 7.86. The van der Waals surface area contributed by atoms with Gasteiger partial charge >= 0.3 is 0 Å². The number of hydrogen-bond donors (Lipinski definition) is 1. The molecule has 2 aromatic rings. The number of rotatable bonds is 7. The maximum absolute atomic E-state index is 13.1. The minimum absolute atomic E-state index is 0.0442. The lowest BCUT2D eigenvalue weighted by Crippen LogP contribution is -2.47. The molecule has 6 nitrogen and oxygen atoms in total. The van der Waals surface area contributed by atoms with Gasteiger partial charge in [-0.05, 0) is 56.2 Å². The third kappa shape index (κ3) is 5.12. The largest absolute Gasteiger partial charge is 0.355 e. The fourth-order valence-electron chi connectivity index (χ4n) is 3.78. The summed E-state index contributed by atoms with van der Waals surface area (Å²) in [7, 11) is -3.45. The second-order valence-electron chi connectivity index (χ2n) is 7.34. The summed E-state index contributed by atoms with van der Waals surface area (Å²) in [6.07, 6.45) is 1.71. The van der Waals surface area contributed by atoms with Crippen molar-refractivity contribution in [1.82, 2.24) is 13.6 Å². The molecule has 0 aliphatic carbocycles. The third-order valence-electron chi connectivity index (χ3n) is 5.27. The summed E-state index contributed by atoms with van der Waals surface area (Å²) in [5, 5.41) is 3.28. The van der Waals surface area contributed by atoms with Gasteiger partial charge in [0.05, 0.1) is 0 Å². The van der Waals surface area contributed by atoms with E-state index < -0.39 is 10.2 Å². The highest BCUT2D eigenvalue weighted by Crippen LogP contribution is 2.30. The Labute approximate surface area is 172 Å². The fraction of sp³-hybridized carbons (Fsp3) is 0.476. The molecule has 0 amide bonds. The first-order chi connectivity index (χ1) is 13.8. The molecule has 8 heteroatoms. The summed E-state index contributed by atoms with van der Waals surface area (Å²) in [5.74, 6) is -0.235. The first kappa shape index (κ1) is 21.7. The highest BCUT2D eigenvalue weighted by Gasteiger charge is 2.33. The SMILES string of the molecule is CCN(CC)S(=O)(=O)N1CCCC(c2cc(Nc3ccc(F)cc3)cc(C)n2)C1. The molecule has 1 unspecified atom stereocenters. The van der Waals surface area contributed by atoms with Crippen LogP contribution in [0.1, 0.15) is 44.0 Å². The Morgan fingerprint density at radius 2 is 1.86 bits per heavy atom. The first-order valence-corrected chi connectivity index (χ1v) is 11.5. The van der Waals surface area contributed by atoms with E-state index in [9.17, 15) is 12.8 Å². The van der Waals surface area contributed by atoms with Gasteiger partial charge in [0.25, 0.3) is 10.2 Å². The molecule has 1 atom stereocenters. The number of anilines is 2. The number of aromatic nitrogens is 1. The molecule has 1 saturated heterocycles. The van der Waals surface area contributed by atoms with E-state index in [1.54, 1.807) is 16.4 Å². The molecular formula is C21H29FN4O2S. The van der Waals surface area contributed by atoms with E-state index in [4.69, 9.17) is 0 Å². The molecule has 0 spiro atoms. The quantitative estimate of drug-likeness (QED) is 0.734. The third-order valence-corrected chi connectivity index (χ3v) is 7.42. The maximum atomic E-state index is 13.1. The molecule has 1 fully saturated rings. The summed E-state index contributed by atoms with van der Waals surface area (Å²) in [5.41, 5.74) is 3.39. The minimum Gasteiger partial charge on any atom is -0.355 e. The Balaban J connectivity index is 1.81. The fourth-order valence-corrected chi connectivity index (χ4v) is 5.49. The van der Waals surface area contributed by atoms with E-state index >= 15 is 0 Å². The van der Waals surface area contributed by atoms with Crippen molar-refractivity contribution in [2.75, 3.05) is 31.5 Å². The number of hydrogen-bond acceptors (Lipinski definition) is 4. The predicted molar refractivity (Wildman–Crippen MR) is 114 cm³/mol. The van der Waals surface area contributed by atoms with E-state index in [1.165, 1.54) is 16.4 Å². The highest BCUT2D eigenvalue weighted by atomic mass is 32.2. The molecule has 1 N–H and O–H groups in total. The van der Waals surface area contributed by atoms with Gasteiger partial charge < -0.3 is 5.32 Å². The minimum atomic E-state index is -3.45. The lowest BCUT2D eigenvalue weighted by Gasteiger charge is -2.35. The van der Waals surface area contributed by atoms with Crippen molar-refractivity contribution < 1.29 is 12.8 Å². The van der Waals surface area contributed by atoms with Crippen molar-refractivity contribution in [2.24, 2.45) is 0 Å². The van der Waals surface area contributed by atoms with Crippen LogP contribution in [0.3, 0.4) is 0 Å². The molecular weight excluding hydrogens is 391 g/mol. The van der Waals surface area contributed by atoms with E-state index in [0.717, 1.165) is 35.6 Å². The van der Waals surface area contributed by atoms with Gasteiger partial charge in [0.1, 0.15) is 5.82 Å². The average Bonchev–Trinajstić information content (AvgIpc) is 2.70. The monoisotopic (exact) mass is 420 g/mol. The van der Waals surface area contributed by atoms with Gasteiger partial charge in [-0.1, -0.05) is 13.8 Å². The average molecular weight is 421 g/mol. The van der Waals surface area contributed by atoms with Crippen LogP contribution in [0.5, 0.6) is 0 Å². The molecule has 158 valence electrons. The summed E-state index contributed by atoms with van der Waals surface area (Å²) in [4.78, 5) is 4.68. The van der Waals surface area contributed by atoms with Gasteiger partial charge in [-0.2, -0.15) is 17.0 Å². The standard InChI is InChI=1S/C21H29FN4O2S/c1-4-25(5-2)29(27,28)26-12-6-7-17(15-26)21-14-20(13-16(3)23-21)24-19-10-8-18(22)9-11-19/h8-11,13-14,17H,4-7,12,15H2,1-3H3,(H,23,24). The molecule has 0 saturated carbocycles. The first-order valence-electron chi connectivity index (χ1n) is 10.1. The van der Waals surface area contributed by atoms with Crippen LogP contribution in [0, 0.1) is 12.7 Å². The molecule has 2 heterocycles. The number of nitrogens with zero attached hydrogens (tertiary/aromatic N) is 3. The van der Waals surface area contributed by atoms with Crippen LogP contribution in [0.4, 0.5) is 15.8 Å². The smallest absolute Gasteiger partial charge is 0.281 e. The molecule has 0 bridgehead atoms. The topological polar surface area (TPSA) is 65.5 Å². The van der Waals surface area contributed by atoms with Gasteiger partial charge in [-0.15, -0.1) is 0 Å². The predicted octanol–water partition coefficient (Wildman–Crippen LogP) is 4.04. The number of benzene rings is 1. The number of pyridine rings is 1. The van der Waals surface area contributed by atoms with Gasteiger partial charge in [0.15, 0.2) is 0 Å². The van der Waals surface area contributed by atoms with Crippen LogP contribution in [0.25, 0.3) is 0 Å². The second kappa shape index (κ2) is 9.19. The van der Waals surface area contributed by atoms with Crippen molar-refractivity contribution in [3.05, 3.63) is 53.6 Å². The van der Waals surface area contributed by atoms with Crippen LogP contribution in [-0.2, 0) is 10.2 Å². The van der Waals surface area contributed by atoms with E-state index in [-0.39, 0.29) is 11.7 Å². The summed E-state index contributed by atoms with van der Waals surface area (Å²) in [6.45, 7) is 7.55. The Bertz CT molecular complexity index is 930. The van der Waals surface area contributed by atoms with Gasteiger partial charge in [0.2, 0.25) is 0 Å². The van der Waals surface area contributed by atoms with Crippen LogP contribution in [-0.4, -0.2) is 48.2 Å². The number of aryl methyl sites for hydroxylation is 1. The molecule has 0 radical (unpaired) electrons. The zero-order valence-corrected chi connectivity index (χ0v) is 18.0. The Kier molecular flexibility index (Phi) is 6.87. The Morgan fingerprint density at radius 3 is 2.52 bits per heavy atom. The summed E-state index contributed by atoms with van der Waals surface area (Å²) >= 11 is 0. The Hall–Kier alpha value is -2.03. The molecule has 3 rings (SSSR count). The number of halogens is 1. The van der Waals surface area contributed by atoms with E-state index in [1.807, 2.05) is 32.9 Å². The van der Waals surface area contributed by atoms with Crippen molar-refractivity contribution in [3.8, 4) is 0 Å². The van der Waals surface area contributed by atoms with E-state index in [2.05, 4.69) is 10.3 Å². The lowest BCUT2D eigenvalue weighted by molar-refractivity contribution is 0.285. The van der Waals surface area contributed by atoms with Crippen molar-refractivity contribution >= 4 is 21.6 Å². The van der Waals surface area contributed by atoms with Crippen LogP contribution in [0.2, 0.25) is 0 Å². The van der Waals surface area contributed by atoms with Crippen LogP contribution >= 0.6 is 0 Å². The van der Waals surface area contributed by atoms with Crippen LogP contribution in [0.15, 0.2) is 36.4 Å². The number of nitrogens with one attached hydrogen (secondary N) is 1. The molecule has 1 aromatic heterocycles. The summed E-state index contributed by atoms with van der Waals surface area (Å²) in [6, 6.07) is 10.1. The molecule has 1 aliphatic rings. The molecule has 29 heavy (non-hydrogen) atoms. The Morgan fingerprint density at radius 1 is 1.17 bits per heavy atom. The molecule has 1 aromatic carbocycles. The molecule has 1 aliphatic heterocycles. The summed E-state index contributed by atoms with van der Waals surface area (Å²) < 4.78 is 42.1.